The van der Waals surface area contributed by atoms with Crippen molar-refractivity contribution in [2.45, 2.75) is 22.8 Å². The van der Waals surface area contributed by atoms with Gasteiger partial charge < -0.3 is 10.1 Å². The van der Waals surface area contributed by atoms with E-state index in [0.717, 1.165) is 4.90 Å². The van der Waals surface area contributed by atoms with Crippen LogP contribution < -0.4 is 10.0 Å². The molecule has 1 unspecified atom stereocenters. The van der Waals surface area contributed by atoms with Gasteiger partial charge in [-0.15, -0.1) is 11.8 Å². The van der Waals surface area contributed by atoms with Gasteiger partial charge >= 0.3 is 0 Å². The average Bonchev–Trinajstić information content (AvgIpc) is 2.62. The lowest BCUT2D eigenvalue weighted by atomic mass is 10.2. The summed E-state index contributed by atoms with van der Waals surface area (Å²) in [6, 6.07) is 10.8. The van der Waals surface area contributed by atoms with Crippen molar-refractivity contribution in [3.8, 4) is 0 Å². The molecule has 2 N–H and O–H groups in total. The second-order valence-corrected chi connectivity index (χ2v) is 8.80. The maximum absolute atomic E-state index is 12.5. The third-order valence-electron chi connectivity index (χ3n) is 3.61. The van der Waals surface area contributed by atoms with Crippen LogP contribution in [0.4, 0.5) is 5.69 Å². The summed E-state index contributed by atoms with van der Waals surface area (Å²) >= 11 is 7.61. The van der Waals surface area contributed by atoms with Crippen LogP contribution in [0.5, 0.6) is 0 Å². The van der Waals surface area contributed by atoms with Crippen LogP contribution in [0.3, 0.4) is 0 Å². The fourth-order valence-electron chi connectivity index (χ4n) is 2.34. The van der Waals surface area contributed by atoms with E-state index in [-0.39, 0.29) is 23.5 Å². The third kappa shape index (κ3) is 5.95. The fourth-order valence-corrected chi connectivity index (χ4v) is 4.21. The Morgan fingerprint density at radius 2 is 1.89 bits per heavy atom. The average molecular weight is 429 g/mol. The number of hydrogen-bond donors (Lipinski definition) is 2. The van der Waals surface area contributed by atoms with Crippen molar-refractivity contribution in [1.29, 1.82) is 0 Å². The third-order valence-corrected chi connectivity index (χ3v) is 6.27. The molecule has 0 spiro atoms. The monoisotopic (exact) mass is 428 g/mol. The zero-order valence-electron chi connectivity index (χ0n) is 15.2. The van der Waals surface area contributed by atoms with E-state index in [9.17, 15) is 13.2 Å². The molecule has 0 aromatic heterocycles. The lowest BCUT2D eigenvalue weighted by Crippen LogP contribution is -2.35. The number of amides is 1. The highest BCUT2D eigenvalue weighted by Crippen LogP contribution is 2.24. The van der Waals surface area contributed by atoms with E-state index in [2.05, 4.69) is 10.0 Å². The summed E-state index contributed by atoms with van der Waals surface area (Å²) < 4.78 is 32.1. The highest BCUT2D eigenvalue weighted by atomic mass is 35.5. The van der Waals surface area contributed by atoms with E-state index < -0.39 is 10.0 Å². The first kappa shape index (κ1) is 21.7. The first-order valence-electron chi connectivity index (χ1n) is 8.03. The molecule has 0 heterocycles. The smallest absolute Gasteiger partial charge is 0.257 e. The van der Waals surface area contributed by atoms with Gasteiger partial charge in [0.15, 0.2) is 0 Å². The van der Waals surface area contributed by atoms with Crippen molar-refractivity contribution < 1.29 is 17.9 Å². The van der Waals surface area contributed by atoms with Gasteiger partial charge in [-0.3, -0.25) is 4.79 Å². The molecule has 0 aliphatic rings. The molecular weight excluding hydrogens is 408 g/mol. The van der Waals surface area contributed by atoms with Crippen LogP contribution in [0.2, 0.25) is 5.02 Å². The Morgan fingerprint density at radius 3 is 2.48 bits per heavy atom. The summed E-state index contributed by atoms with van der Waals surface area (Å²) in [5.41, 5.74) is 0.824. The van der Waals surface area contributed by atoms with Crippen LogP contribution in [0, 0.1) is 0 Å². The van der Waals surface area contributed by atoms with Crippen molar-refractivity contribution >= 4 is 45.0 Å². The number of carbonyl (C=O) groups is 1. The highest BCUT2D eigenvalue weighted by molar-refractivity contribution is 7.98. The van der Waals surface area contributed by atoms with Crippen LogP contribution in [0.25, 0.3) is 0 Å². The Morgan fingerprint density at radius 1 is 1.22 bits per heavy atom. The number of ether oxygens (including phenoxy) is 1. The molecule has 2 aromatic rings. The number of sulfonamides is 1. The minimum absolute atomic E-state index is 0.103. The first-order valence-corrected chi connectivity index (χ1v) is 11.1. The fraction of sp³-hybridized carbons (Fsp3) is 0.278. The summed E-state index contributed by atoms with van der Waals surface area (Å²) in [5.74, 6) is -0.363. The largest absolute Gasteiger partial charge is 0.383 e. The number of benzene rings is 2. The molecule has 0 saturated heterocycles. The molecule has 6 nitrogen and oxygen atoms in total. The van der Waals surface area contributed by atoms with E-state index in [1.165, 1.54) is 43.1 Å². The van der Waals surface area contributed by atoms with Gasteiger partial charge in [-0.1, -0.05) is 11.6 Å². The topological polar surface area (TPSA) is 84.5 Å². The Kier molecular flexibility index (Phi) is 7.69. The maximum atomic E-state index is 12.5. The van der Waals surface area contributed by atoms with Gasteiger partial charge in [-0.2, -0.15) is 0 Å². The van der Waals surface area contributed by atoms with E-state index >= 15 is 0 Å². The summed E-state index contributed by atoms with van der Waals surface area (Å²) in [7, 11) is -2.16. The normalized spacial score (nSPS) is 12.6. The molecular formula is C18H21ClN2O4S2. The van der Waals surface area contributed by atoms with Crippen molar-refractivity contribution in [3.63, 3.8) is 0 Å². The highest BCUT2D eigenvalue weighted by Gasteiger charge is 2.18. The molecule has 0 aliphatic heterocycles. The van der Waals surface area contributed by atoms with Gasteiger partial charge in [0, 0.05) is 23.7 Å². The number of nitrogens with one attached hydrogen (secondary N) is 2. The van der Waals surface area contributed by atoms with Crippen molar-refractivity contribution in [2.75, 3.05) is 25.3 Å². The quantitative estimate of drug-likeness (QED) is 0.627. The number of carbonyl (C=O) groups excluding carboxylic acids is 1. The number of halogens is 1. The summed E-state index contributed by atoms with van der Waals surface area (Å²) in [5, 5.41) is 3.07. The summed E-state index contributed by atoms with van der Waals surface area (Å²) in [6.07, 6.45) is 1.91. The standard InChI is InChI=1S/C18H21ClN2O4S2/c1-12(11-25-2)21-27(23,24)15-7-4-13(5-8-15)20-18(22)16-10-14(26-3)6-9-17(16)19/h4-10,12,21H,11H2,1-3H3,(H,20,22). The lowest BCUT2D eigenvalue weighted by Gasteiger charge is -2.13. The molecule has 146 valence electrons. The minimum Gasteiger partial charge on any atom is -0.383 e. The zero-order chi connectivity index (χ0) is 20.0. The SMILES string of the molecule is COCC(C)NS(=O)(=O)c1ccc(NC(=O)c2cc(SC)ccc2Cl)cc1. The summed E-state index contributed by atoms with van der Waals surface area (Å²) in [6.45, 7) is 1.98. The van der Waals surface area contributed by atoms with E-state index in [0.29, 0.717) is 16.3 Å². The number of thioether (sulfide) groups is 1. The summed E-state index contributed by atoms with van der Waals surface area (Å²) in [4.78, 5) is 13.5. The molecule has 1 atom stereocenters. The van der Waals surface area contributed by atoms with E-state index in [1.807, 2.05) is 12.3 Å². The number of anilines is 1. The van der Waals surface area contributed by atoms with Gasteiger partial charge in [0.1, 0.15) is 0 Å². The molecule has 2 aromatic carbocycles. The van der Waals surface area contributed by atoms with Crippen LogP contribution in [0.15, 0.2) is 52.3 Å². The van der Waals surface area contributed by atoms with Crippen molar-refractivity contribution in [3.05, 3.63) is 53.1 Å². The van der Waals surface area contributed by atoms with Crippen molar-refractivity contribution in [2.24, 2.45) is 0 Å². The van der Waals surface area contributed by atoms with Gasteiger partial charge in [0.05, 0.1) is 22.1 Å². The second-order valence-electron chi connectivity index (χ2n) is 5.80. The van der Waals surface area contributed by atoms with Gasteiger partial charge in [-0.25, -0.2) is 13.1 Å². The molecule has 0 aliphatic carbocycles. The van der Waals surface area contributed by atoms with Crippen molar-refractivity contribution in [1.82, 2.24) is 4.72 Å². The second kappa shape index (κ2) is 9.57. The molecule has 0 saturated carbocycles. The van der Waals surface area contributed by atoms with Gasteiger partial charge in [0.25, 0.3) is 5.91 Å². The molecule has 0 radical (unpaired) electrons. The number of hydrogen-bond acceptors (Lipinski definition) is 5. The van der Waals surface area contributed by atoms with E-state index in [1.54, 1.807) is 19.1 Å². The zero-order valence-corrected chi connectivity index (χ0v) is 17.5. The van der Waals surface area contributed by atoms with E-state index in [4.69, 9.17) is 16.3 Å². The molecule has 9 heteroatoms. The predicted octanol–water partition coefficient (Wildman–Crippen LogP) is 3.63. The Bertz CT molecular complexity index is 902. The molecule has 2 rings (SSSR count). The van der Waals surface area contributed by atoms with Crippen LogP contribution >= 0.6 is 23.4 Å². The Labute approximate surface area is 168 Å². The minimum atomic E-state index is -3.66. The van der Waals surface area contributed by atoms with Crippen LogP contribution in [-0.2, 0) is 14.8 Å². The lowest BCUT2D eigenvalue weighted by molar-refractivity contribution is 0.102. The van der Waals surface area contributed by atoms with Gasteiger partial charge in [0.2, 0.25) is 10.0 Å². The molecule has 0 bridgehead atoms. The predicted molar refractivity (Wildman–Crippen MR) is 109 cm³/mol. The van der Waals surface area contributed by atoms with Crippen LogP contribution in [0.1, 0.15) is 17.3 Å². The van der Waals surface area contributed by atoms with Gasteiger partial charge in [-0.05, 0) is 55.6 Å². The Hall–Kier alpha value is -1.58. The number of methoxy groups -OCH3 is 1. The molecule has 0 fully saturated rings. The molecule has 27 heavy (non-hydrogen) atoms. The maximum Gasteiger partial charge on any atom is 0.257 e. The Balaban J connectivity index is 2.13. The number of rotatable bonds is 8. The molecule has 1 amide bonds. The van der Waals surface area contributed by atoms with Crippen LogP contribution in [-0.4, -0.2) is 40.3 Å². The first-order chi connectivity index (χ1) is 12.8.